The molecule has 0 aliphatic carbocycles. The maximum atomic E-state index is 13.3. The Bertz CT molecular complexity index is 1280. The van der Waals surface area contributed by atoms with Gasteiger partial charge in [-0.25, -0.2) is 23.8 Å². The smallest absolute Gasteiger partial charge is 0.364 e. The van der Waals surface area contributed by atoms with Crippen molar-refractivity contribution in [1.29, 1.82) is 0 Å². The van der Waals surface area contributed by atoms with Crippen molar-refractivity contribution < 1.29 is 14.1 Å². The molecule has 0 bridgehead atoms. The predicted molar refractivity (Wildman–Crippen MR) is 117 cm³/mol. The number of nitrogens with zero attached hydrogens (tertiary/aromatic N) is 4. The van der Waals surface area contributed by atoms with Crippen molar-refractivity contribution in [1.82, 2.24) is 14.1 Å². The maximum absolute atomic E-state index is 13.3. The van der Waals surface area contributed by atoms with Gasteiger partial charge in [-0.1, -0.05) is 13.0 Å². The van der Waals surface area contributed by atoms with E-state index >= 15 is 0 Å². The Morgan fingerprint density at radius 2 is 1.90 bits per heavy atom. The summed E-state index contributed by atoms with van der Waals surface area (Å²) in [5.74, 6) is 0.409. The van der Waals surface area contributed by atoms with Gasteiger partial charge in [0, 0.05) is 13.0 Å². The number of anilines is 2. The monoisotopic (exact) mass is 426 g/mol. The number of aromatic amines is 1. The van der Waals surface area contributed by atoms with Crippen LogP contribution in [0.5, 0.6) is 0 Å². The standard InChI is InChI=1S/C22H27N5O4/c1-6-31-17(28)12-27-20(29)18-19(24(5)22(27)30)23-21-25(10-15(4)11-26(18)21)16-8-13(2)7-14(3)9-16/h7-9,15H,6,10-12H2,1-5H3/p+1/t15-/m1/s1. The van der Waals surface area contributed by atoms with Crippen molar-refractivity contribution in [3.05, 3.63) is 50.2 Å². The zero-order valence-electron chi connectivity index (χ0n) is 18.6. The van der Waals surface area contributed by atoms with E-state index < -0.39 is 23.8 Å². The third-order valence-electron chi connectivity index (χ3n) is 5.64. The third kappa shape index (κ3) is 3.54. The van der Waals surface area contributed by atoms with Crippen LogP contribution in [0.1, 0.15) is 25.0 Å². The van der Waals surface area contributed by atoms with Crippen LogP contribution in [0.3, 0.4) is 0 Å². The van der Waals surface area contributed by atoms with E-state index in [4.69, 9.17) is 4.74 Å². The van der Waals surface area contributed by atoms with Crippen LogP contribution in [-0.4, -0.2) is 33.2 Å². The molecule has 4 rings (SSSR count). The van der Waals surface area contributed by atoms with Gasteiger partial charge in [-0.2, -0.15) is 0 Å². The van der Waals surface area contributed by atoms with E-state index in [1.54, 1.807) is 14.0 Å². The highest BCUT2D eigenvalue weighted by Crippen LogP contribution is 2.29. The lowest BCUT2D eigenvalue weighted by molar-refractivity contribution is -0.669. The zero-order valence-corrected chi connectivity index (χ0v) is 18.6. The van der Waals surface area contributed by atoms with E-state index in [1.165, 1.54) is 4.57 Å². The van der Waals surface area contributed by atoms with Crippen molar-refractivity contribution in [2.24, 2.45) is 13.0 Å². The third-order valence-corrected chi connectivity index (χ3v) is 5.64. The number of imidazole rings is 1. The average molecular weight is 426 g/mol. The molecule has 164 valence electrons. The van der Waals surface area contributed by atoms with E-state index in [0.29, 0.717) is 17.7 Å². The highest BCUT2D eigenvalue weighted by atomic mass is 16.5. The van der Waals surface area contributed by atoms with Gasteiger partial charge in [-0.3, -0.25) is 14.2 Å². The number of benzene rings is 1. The first-order valence-electron chi connectivity index (χ1n) is 10.5. The lowest BCUT2D eigenvalue weighted by atomic mass is 10.1. The second-order valence-corrected chi connectivity index (χ2v) is 8.36. The largest absolute Gasteiger partial charge is 0.465 e. The minimum atomic E-state index is -0.610. The Kier molecular flexibility index (Phi) is 5.20. The molecule has 1 N–H and O–H groups in total. The molecule has 0 amide bonds. The normalized spacial score (nSPS) is 15.9. The lowest BCUT2D eigenvalue weighted by Gasteiger charge is -2.27. The summed E-state index contributed by atoms with van der Waals surface area (Å²) in [6, 6.07) is 6.34. The molecule has 0 saturated carbocycles. The van der Waals surface area contributed by atoms with Gasteiger partial charge >= 0.3 is 17.6 Å². The number of hydrogen-bond donors (Lipinski definition) is 1. The first kappa shape index (κ1) is 20.9. The van der Waals surface area contributed by atoms with Gasteiger partial charge in [-0.05, 0) is 44.0 Å². The molecule has 0 fully saturated rings. The molecule has 1 aliphatic rings. The van der Waals surface area contributed by atoms with Crippen LogP contribution in [0.4, 0.5) is 11.6 Å². The quantitative estimate of drug-likeness (QED) is 0.501. The second kappa shape index (κ2) is 7.72. The summed E-state index contributed by atoms with van der Waals surface area (Å²) in [6.45, 7) is 9.11. The predicted octanol–water partition coefficient (Wildman–Crippen LogP) is 1.28. The van der Waals surface area contributed by atoms with Crippen molar-refractivity contribution in [3.63, 3.8) is 0 Å². The van der Waals surface area contributed by atoms with Gasteiger partial charge in [0.05, 0.1) is 19.7 Å². The molecule has 0 saturated heterocycles. The van der Waals surface area contributed by atoms with E-state index in [0.717, 1.165) is 33.9 Å². The number of rotatable bonds is 4. The molecule has 1 atom stereocenters. The molecule has 9 nitrogen and oxygen atoms in total. The summed E-state index contributed by atoms with van der Waals surface area (Å²) in [6.07, 6.45) is 0. The van der Waals surface area contributed by atoms with Crippen LogP contribution in [0, 0.1) is 19.8 Å². The summed E-state index contributed by atoms with van der Waals surface area (Å²) in [5, 5.41) is 0. The first-order valence-corrected chi connectivity index (χ1v) is 10.5. The van der Waals surface area contributed by atoms with Gasteiger partial charge in [0.25, 0.3) is 5.56 Å². The molecule has 0 unspecified atom stereocenters. The SMILES string of the molecule is CCOC(=O)Cn1c(=O)c2c([nH]c3[n+]2C[C@H](C)CN3c2cc(C)cc(C)c2)n(C)c1=O. The van der Waals surface area contributed by atoms with Crippen LogP contribution in [0.25, 0.3) is 11.2 Å². The van der Waals surface area contributed by atoms with Gasteiger partial charge in [0.15, 0.2) is 0 Å². The Balaban J connectivity index is 1.95. The summed E-state index contributed by atoms with van der Waals surface area (Å²) in [5.41, 5.74) is 3.09. The fraction of sp³-hybridized carbons (Fsp3) is 0.455. The molecule has 1 aromatic carbocycles. The Labute approximate surface area is 179 Å². The van der Waals surface area contributed by atoms with Crippen molar-refractivity contribution in [2.45, 2.75) is 40.8 Å². The number of aryl methyl sites for hydroxylation is 3. The topological polar surface area (TPSA) is 93.2 Å². The van der Waals surface area contributed by atoms with Gasteiger partial charge in [-0.15, -0.1) is 0 Å². The molecule has 0 spiro atoms. The summed E-state index contributed by atoms with van der Waals surface area (Å²) < 4.78 is 9.19. The molecular formula is C22H28N5O4+. The van der Waals surface area contributed by atoms with Crippen molar-refractivity contribution in [3.8, 4) is 0 Å². The highest BCUT2D eigenvalue weighted by Gasteiger charge is 2.36. The van der Waals surface area contributed by atoms with Gasteiger partial charge in [0.2, 0.25) is 11.2 Å². The van der Waals surface area contributed by atoms with Crippen LogP contribution >= 0.6 is 0 Å². The molecule has 3 heterocycles. The summed E-state index contributed by atoms with van der Waals surface area (Å²) in [7, 11) is 1.60. The molecule has 0 radical (unpaired) electrons. The molecule has 1 aliphatic heterocycles. The Hall–Kier alpha value is -3.36. The fourth-order valence-electron chi connectivity index (χ4n) is 4.39. The Morgan fingerprint density at radius 3 is 2.55 bits per heavy atom. The fourth-order valence-corrected chi connectivity index (χ4v) is 4.39. The van der Waals surface area contributed by atoms with Gasteiger partial charge in [0.1, 0.15) is 12.2 Å². The number of nitrogens with one attached hydrogen (secondary N) is 1. The van der Waals surface area contributed by atoms with Crippen molar-refractivity contribution in [2.75, 3.05) is 18.1 Å². The molecule has 31 heavy (non-hydrogen) atoms. The van der Waals surface area contributed by atoms with Crippen molar-refractivity contribution >= 4 is 28.8 Å². The number of fused-ring (bicyclic) bond motifs is 3. The lowest BCUT2D eigenvalue weighted by Crippen LogP contribution is -2.52. The summed E-state index contributed by atoms with van der Waals surface area (Å²) >= 11 is 0. The van der Waals surface area contributed by atoms with Crippen LogP contribution in [0.2, 0.25) is 0 Å². The van der Waals surface area contributed by atoms with E-state index in [9.17, 15) is 14.4 Å². The summed E-state index contributed by atoms with van der Waals surface area (Å²) in [4.78, 5) is 43.6. The van der Waals surface area contributed by atoms with Crippen LogP contribution in [-0.2, 0) is 29.7 Å². The number of H-pyrrole nitrogens is 1. The number of esters is 1. The zero-order chi connectivity index (χ0) is 22.4. The minimum absolute atomic E-state index is 0.187. The average Bonchev–Trinajstić information content (AvgIpc) is 3.08. The first-order chi connectivity index (χ1) is 14.7. The van der Waals surface area contributed by atoms with Crippen LogP contribution < -0.4 is 20.7 Å². The molecule has 3 aromatic rings. The van der Waals surface area contributed by atoms with Crippen LogP contribution in [0.15, 0.2) is 27.8 Å². The number of aromatic nitrogens is 4. The molecule has 9 heteroatoms. The minimum Gasteiger partial charge on any atom is -0.465 e. The van der Waals surface area contributed by atoms with E-state index in [1.807, 2.05) is 4.57 Å². The highest BCUT2D eigenvalue weighted by molar-refractivity contribution is 5.72. The number of hydrogen-bond acceptors (Lipinski definition) is 5. The number of ether oxygens (including phenoxy) is 1. The second-order valence-electron chi connectivity index (χ2n) is 8.36. The number of carbonyl (C=O) groups is 1. The number of carbonyl (C=O) groups excluding carboxylic acids is 1. The van der Waals surface area contributed by atoms with Gasteiger partial charge < -0.3 is 4.74 Å². The molecule has 2 aromatic heterocycles. The van der Waals surface area contributed by atoms with E-state index in [2.05, 4.69) is 48.9 Å². The molecular weight excluding hydrogens is 398 g/mol. The Morgan fingerprint density at radius 1 is 1.23 bits per heavy atom. The maximum Gasteiger partial charge on any atom is 0.364 e. The van der Waals surface area contributed by atoms with E-state index in [-0.39, 0.29) is 12.5 Å².